The number of hydrogen-bond acceptors (Lipinski definition) is 6. The van der Waals surface area contributed by atoms with Gasteiger partial charge < -0.3 is 4.74 Å². The fraction of sp³-hybridized carbons (Fsp3) is 0.200. The van der Waals surface area contributed by atoms with Gasteiger partial charge in [0, 0.05) is 5.56 Å². The maximum absolute atomic E-state index is 12.6. The molecule has 4 aromatic rings. The Kier molecular flexibility index (Phi) is 5.03. The van der Waals surface area contributed by atoms with Gasteiger partial charge in [0.25, 0.3) is 5.91 Å². The van der Waals surface area contributed by atoms with Gasteiger partial charge in [-0.1, -0.05) is 60.2 Å². The number of benzene rings is 2. The quantitative estimate of drug-likeness (QED) is 0.536. The van der Waals surface area contributed by atoms with Crippen molar-refractivity contribution in [3.63, 3.8) is 0 Å². The van der Waals surface area contributed by atoms with E-state index in [2.05, 4.69) is 20.6 Å². The van der Waals surface area contributed by atoms with Crippen molar-refractivity contribution in [1.29, 1.82) is 0 Å². The van der Waals surface area contributed by atoms with Gasteiger partial charge in [0.05, 0.1) is 0 Å². The van der Waals surface area contributed by atoms with Crippen molar-refractivity contribution in [3.05, 3.63) is 60.2 Å². The molecule has 0 aliphatic rings. The van der Waals surface area contributed by atoms with Crippen LogP contribution in [0.2, 0.25) is 0 Å². The van der Waals surface area contributed by atoms with Gasteiger partial charge in [-0.15, -0.1) is 15.3 Å². The molecule has 1 atom stereocenters. The lowest BCUT2D eigenvalue weighted by molar-refractivity contribution is -0.122. The highest BCUT2D eigenvalue weighted by Crippen LogP contribution is 2.25. The Balaban J connectivity index is 1.54. The summed E-state index contributed by atoms with van der Waals surface area (Å²) in [5, 5.41) is 16.1. The van der Waals surface area contributed by atoms with Crippen molar-refractivity contribution in [2.24, 2.45) is 0 Å². The van der Waals surface area contributed by atoms with Crippen LogP contribution in [0.3, 0.4) is 0 Å². The molecular formula is C20H19N5O2S. The molecule has 0 saturated heterocycles. The number of ether oxygens (including phenoxy) is 1. The number of rotatable bonds is 6. The Morgan fingerprint density at radius 2 is 2.00 bits per heavy atom. The predicted octanol–water partition coefficient (Wildman–Crippen LogP) is 3.96. The Morgan fingerprint density at radius 1 is 1.18 bits per heavy atom. The first-order valence-electron chi connectivity index (χ1n) is 8.96. The van der Waals surface area contributed by atoms with Crippen LogP contribution in [0.4, 0.5) is 5.13 Å². The van der Waals surface area contributed by atoms with Crippen LogP contribution in [0, 0.1) is 6.92 Å². The van der Waals surface area contributed by atoms with E-state index in [0.29, 0.717) is 28.1 Å². The van der Waals surface area contributed by atoms with Gasteiger partial charge in [-0.2, -0.15) is 4.52 Å². The smallest absolute Gasteiger partial charge is 0.267 e. The first kappa shape index (κ1) is 18.1. The fourth-order valence-electron chi connectivity index (χ4n) is 2.80. The molecule has 0 radical (unpaired) electrons. The molecule has 142 valence electrons. The van der Waals surface area contributed by atoms with Crippen LogP contribution < -0.4 is 10.1 Å². The van der Waals surface area contributed by atoms with E-state index in [-0.39, 0.29) is 5.91 Å². The number of nitrogens with zero attached hydrogens (tertiary/aromatic N) is 4. The number of aryl methyl sites for hydroxylation is 1. The average Bonchev–Trinajstić information content (AvgIpc) is 3.27. The summed E-state index contributed by atoms with van der Waals surface area (Å²) in [6, 6.07) is 17.3. The SMILES string of the molecule is CCC(Oc1ccccc1)C(=O)Nc1nn2c(-c3cccc(C)c3)nnc2s1. The first-order chi connectivity index (χ1) is 13.6. The standard InChI is InChI=1S/C20H19N5O2S/c1-3-16(27-15-10-5-4-6-11-15)18(26)21-19-24-25-17(22-23-20(25)28-19)14-9-7-8-13(2)12-14/h4-12,16H,3H2,1-2H3,(H,21,24,26). The summed E-state index contributed by atoms with van der Waals surface area (Å²) in [4.78, 5) is 13.2. The molecule has 2 aromatic carbocycles. The molecule has 1 amide bonds. The fourth-order valence-corrected chi connectivity index (χ4v) is 3.55. The average molecular weight is 393 g/mol. The van der Waals surface area contributed by atoms with E-state index in [1.807, 2.05) is 68.4 Å². The molecule has 1 unspecified atom stereocenters. The monoisotopic (exact) mass is 393 g/mol. The van der Waals surface area contributed by atoms with E-state index in [0.717, 1.165) is 11.1 Å². The molecule has 8 heteroatoms. The lowest BCUT2D eigenvalue weighted by Gasteiger charge is -2.16. The number of fused-ring (bicyclic) bond motifs is 1. The van der Waals surface area contributed by atoms with Crippen molar-refractivity contribution >= 4 is 27.3 Å². The third kappa shape index (κ3) is 3.72. The van der Waals surface area contributed by atoms with Gasteiger partial charge in [0.2, 0.25) is 10.1 Å². The second-order valence-electron chi connectivity index (χ2n) is 6.31. The summed E-state index contributed by atoms with van der Waals surface area (Å²) in [6.45, 7) is 3.92. The van der Waals surface area contributed by atoms with Crippen molar-refractivity contribution in [2.45, 2.75) is 26.4 Å². The molecule has 0 aliphatic carbocycles. The largest absolute Gasteiger partial charge is 0.481 e. The number of nitrogens with one attached hydrogen (secondary N) is 1. The molecule has 0 spiro atoms. The van der Waals surface area contributed by atoms with E-state index in [9.17, 15) is 4.79 Å². The Morgan fingerprint density at radius 3 is 2.75 bits per heavy atom. The second-order valence-corrected chi connectivity index (χ2v) is 7.27. The van der Waals surface area contributed by atoms with Gasteiger partial charge >= 0.3 is 0 Å². The summed E-state index contributed by atoms with van der Waals surface area (Å²) < 4.78 is 7.44. The normalized spacial score (nSPS) is 12.1. The highest BCUT2D eigenvalue weighted by atomic mass is 32.1. The summed E-state index contributed by atoms with van der Waals surface area (Å²) in [6.07, 6.45) is -0.0627. The maximum Gasteiger partial charge on any atom is 0.267 e. The third-order valence-corrected chi connectivity index (χ3v) is 5.00. The molecule has 0 saturated carbocycles. The van der Waals surface area contributed by atoms with Crippen molar-refractivity contribution in [2.75, 3.05) is 5.32 Å². The van der Waals surface area contributed by atoms with E-state index < -0.39 is 6.10 Å². The zero-order chi connectivity index (χ0) is 19.5. The zero-order valence-electron chi connectivity index (χ0n) is 15.5. The van der Waals surface area contributed by atoms with Gasteiger partial charge in [-0.3, -0.25) is 10.1 Å². The van der Waals surface area contributed by atoms with Crippen molar-refractivity contribution in [3.8, 4) is 17.1 Å². The highest BCUT2D eigenvalue weighted by Gasteiger charge is 2.21. The maximum atomic E-state index is 12.6. The topological polar surface area (TPSA) is 81.4 Å². The molecule has 4 rings (SSSR count). The van der Waals surface area contributed by atoms with Crippen LogP contribution in [-0.4, -0.2) is 31.8 Å². The molecule has 0 aliphatic heterocycles. The molecule has 1 N–H and O–H groups in total. The molecule has 7 nitrogen and oxygen atoms in total. The lowest BCUT2D eigenvalue weighted by atomic mass is 10.1. The van der Waals surface area contributed by atoms with E-state index in [1.165, 1.54) is 11.3 Å². The van der Waals surface area contributed by atoms with E-state index in [4.69, 9.17) is 4.74 Å². The first-order valence-corrected chi connectivity index (χ1v) is 9.77. The number of anilines is 1. The molecule has 28 heavy (non-hydrogen) atoms. The molecule has 0 bridgehead atoms. The molecule has 2 heterocycles. The van der Waals surface area contributed by atoms with Crippen LogP contribution in [0.1, 0.15) is 18.9 Å². The zero-order valence-corrected chi connectivity index (χ0v) is 16.3. The van der Waals surface area contributed by atoms with Crippen LogP contribution in [0.15, 0.2) is 54.6 Å². The third-order valence-electron chi connectivity index (χ3n) is 4.18. The van der Waals surface area contributed by atoms with Crippen LogP contribution in [0.5, 0.6) is 5.75 Å². The van der Waals surface area contributed by atoms with Crippen LogP contribution >= 0.6 is 11.3 Å². The van der Waals surface area contributed by atoms with Crippen LogP contribution in [-0.2, 0) is 4.79 Å². The molecule has 0 fully saturated rings. The lowest BCUT2D eigenvalue weighted by Crippen LogP contribution is -2.32. The minimum atomic E-state index is -0.604. The van der Waals surface area contributed by atoms with Gasteiger partial charge in [0.15, 0.2) is 11.9 Å². The van der Waals surface area contributed by atoms with Gasteiger partial charge in [0.1, 0.15) is 5.75 Å². The minimum Gasteiger partial charge on any atom is -0.481 e. The molecular weight excluding hydrogens is 374 g/mol. The predicted molar refractivity (Wildman–Crippen MR) is 109 cm³/mol. The van der Waals surface area contributed by atoms with Crippen molar-refractivity contribution in [1.82, 2.24) is 19.8 Å². The number of hydrogen-bond donors (Lipinski definition) is 1. The number of carbonyl (C=O) groups is 1. The summed E-state index contributed by atoms with van der Waals surface area (Å²) in [5.74, 6) is 1.06. The summed E-state index contributed by atoms with van der Waals surface area (Å²) >= 11 is 1.27. The second kappa shape index (κ2) is 7.77. The molecule has 2 aromatic heterocycles. The van der Waals surface area contributed by atoms with Crippen LogP contribution in [0.25, 0.3) is 16.3 Å². The number of amides is 1. The van der Waals surface area contributed by atoms with Gasteiger partial charge in [-0.25, -0.2) is 0 Å². The number of carbonyl (C=O) groups excluding carboxylic acids is 1. The van der Waals surface area contributed by atoms with Crippen molar-refractivity contribution < 1.29 is 9.53 Å². The Hall–Kier alpha value is -3.26. The van der Waals surface area contributed by atoms with E-state index >= 15 is 0 Å². The number of aromatic nitrogens is 4. The number of para-hydroxylation sites is 1. The Labute approximate surface area is 166 Å². The van der Waals surface area contributed by atoms with Gasteiger partial charge in [-0.05, 0) is 31.5 Å². The summed E-state index contributed by atoms with van der Waals surface area (Å²) in [7, 11) is 0. The Bertz CT molecular complexity index is 1110. The van der Waals surface area contributed by atoms with E-state index in [1.54, 1.807) is 4.52 Å². The minimum absolute atomic E-state index is 0.242. The summed E-state index contributed by atoms with van der Waals surface area (Å²) in [5.41, 5.74) is 2.05. The highest BCUT2D eigenvalue weighted by molar-refractivity contribution is 7.20.